The molecule has 1 heteroatoms. The van der Waals surface area contributed by atoms with Gasteiger partial charge in [-0.15, -0.1) is 0 Å². The lowest BCUT2D eigenvalue weighted by atomic mass is 9.91. The van der Waals surface area contributed by atoms with Crippen molar-refractivity contribution in [1.29, 1.82) is 0 Å². The molecule has 0 amide bonds. The summed E-state index contributed by atoms with van der Waals surface area (Å²) >= 11 is 0. The number of rotatable bonds is 3. The van der Waals surface area contributed by atoms with Gasteiger partial charge in [-0.05, 0) is 31.6 Å². The minimum Gasteiger partial charge on any atom is -0.291 e. The van der Waals surface area contributed by atoms with Crippen LogP contribution in [0.2, 0.25) is 0 Å². The third-order valence-corrected chi connectivity index (χ3v) is 2.03. The molecule has 0 bridgehead atoms. The Labute approximate surface area is 62.1 Å². The fraction of sp³-hybridized carbons (Fsp3) is 0.667. The van der Waals surface area contributed by atoms with Crippen LogP contribution in [0.15, 0.2) is 12.2 Å². The molecule has 0 saturated heterocycles. The molecule has 0 aliphatic heterocycles. The number of hydrogen-bond donors (Lipinski definition) is 0. The molecule has 0 N–H and O–H groups in total. The molecule has 0 saturated carbocycles. The maximum Gasteiger partial charge on any atom is 0.198 e. The van der Waals surface area contributed by atoms with E-state index in [4.69, 9.17) is 0 Å². The second-order valence-electron chi connectivity index (χ2n) is 2.83. The Bertz CT molecular complexity index is 127. The molecule has 0 spiro atoms. The highest BCUT2D eigenvalue weighted by Crippen LogP contribution is 2.21. The summed E-state index contributed by atoms with van der Waals surface area (Å²) in [6.45, 7) is 0. The van der Waals surface area contributed by atoms with Crippen molar-refractivity contribution in [1.82, 2.24) is 0 Å². The van der Waals surface area contributed by atoms with E-state index < -0.39 is 0 Å². The Morgan fingerprint density at radius 3 is 3.00 bits per heavy atom. The van der Waals surface area contributed by atoms with Crippen LogP contribution in [0.1, 0.15) is 32.1 Å². The lowest BCUT2D eigenvalue weighted by Crippen LogP contribution is -2.02. The van der Waals surface area contributed by atoms with Crippen LogP contribution in [-0.4, -0.2) is 6.29 Å². The third-order valence-electron chi connectivity index (χ3n) is 2.03. The molecule has 0 aromatic heterocycles. The second-order valence-corrected chi connectivity index (χ2v) is 2.83. The Balaban J connectivity index is 2.15. The van der Waals surface area contributed by atoms with Crippen LogP contribution in [0, 0.1) is 5.92 Å². The van der Waals surface area contributed by atoms with Gasteiger partial charge in [0, 0.05) is 6.42 Å². The zero-order chi connectivity index (χ0) is 7.23. The summed E-state index contributed by atoms with van der Waals surface area (Å²) in [6.07, 6.45) is 11.7. The lowest BCUT2D eigenvalue weighted by Gasteiger charge is -2.15. The minimum atomic E-state index is 0.624. The maximum atomic E-state index is 9.90. The van der Waals surface area contributed by atoms with E-state index in [0.29, 0.717) is 6.42 Å². The van der Waals surface area contributed by atoms with Crippen molar-refractivity contribution in [2.75, 3.05) is 0 Å². The zero-order valence-electron chi connectivity index (χ0n) is 6.18. The van der Waals surface area contributed by atoms with E-state index in [2.05, 4.69) is 12.2 Å². The molecule has 10 heavy (non-hydrogen) atoms. The quantitative estimate of drug-likeness (QED) is 0.545. The first-order valence-electron chi connectivity index (χ1n) is 3.93. The van der Waals surface area contributed by atoms with Crippen LogP contribution in [-0.2, 0) is 4.79 Å². The van der Waals surface area contributed by atoms with E-state index in [9.17, 15) is 4.79 Å². The van der Waals surface area contributed by atoms with Gasteiger partial charge in [0.1, 0.15) is 0 Å². The van der Waals surface area contributed by atoms with Crippen LogP contribution in [0.5, 0.6) is 0 Å². The van der Waals surface area contributed by atoms with Gasteiger partial charge in [0.25, 0.3) is 0 Å². The standard InChI is InChI=1S/C9H13O/c10-8-4-7-9-5-2-1-3-6-9/h1-2,9H,3-7H2. The van der Waals surface area contributed by atoms with Gasteiger partial charge < -0.3 is 0 Å². The van der Waals surface area contributed by atoms with Crippen molar-refractivity contribution in [2.45, 2.75) is 32.1 Å². The molecule has 1 rings (SSSR count). The molecule has 55 valence electrons. The van der Waals surface area contributed by atoms with Gasteiger partial charge in [-0.2, -0.15) is 0 Å². The van der Waals surface area contributed by atoms with Gasteiger partial charge in [0.2, 0.25) is 0 Å². The highest BCUT2D eigenvalue weighted by atomic mass is 16.1. The fourth-order valence-electron chi connectivity index (χ4n) is 1.38. The summed E-state index contributed by atoms with van der Waals surface area (Å²) in [7, 11) is 0. The van der Waals surface area contributed by atoms with Crippen LogP contribution >= 0.6 is 0 Å². The van der Waals surface area contributed by atoms with Crippen molar-refractivity contribution < 1.29 is 4.79 Å². The first-order chi connectivity index (χ1) is 4.93. The summed E-state index contributed by atoms with van der Waals surface area (Å²) in [5.74, 6) is 0.756. The molecule has 0 heterocycles. The summed E-state index contributed by atoms with van der Waals surface area (Å²) < 4.78 is 0. The molecular formula is C9H13O. The number of hydrogen-bond acceptors (Lipinski definition) is 1. The van der Waals surface area contributed by atoms with E-state index in [-0.39, 0.29) is 0 Å². The number of carbonyl (C=O) groups excluding carboxylic acids is 1. The maximum absolute atomic E-state index is 9.90. The van der Waals surface area contributed by atoms with Crippen LogP contribution in [0.3, 0.4) is 0 Å². The van der Waals surface area contributed by atoms with Gasteiger partial charge in [-0.25, -0.2) is 0 Å². The van der Waals surface area contributed by atoms with Crippen molar-refractivity contribution in [3.63, 3.8) is 0 Å². The fourth-order valence-corrected chi connectivity index (χ4v) is 1.38. The first-order valence-corrected chi connectivity index (χ1v) is 3.93. The van der Waals surface area contributed by atoms with Crippen molar-refractivity contribution in [3.8, 4) is 0 Å². The molecule has 1 aliphatic carbocycles. The summed E-state index contributed by atoms with van der Waals surface area (Å²) in [5.41, 5.74) is 0. The molecule has 0 aromatic rings. The first kappa shape index (κ1) is 7.52. The Morgan fingerprint density at radius 2 is 2.40 bits per heavy atom. The van der Waals surface area contributed by atoms with Gasteiger partial charge in [0.05, 0.1) is 0 Å². The highest BCUT2D eigenvalue weighted by Gasteiger charge is 2.08. The van der Waals surface area contributed by atoms with E-state index in [1.54, 1.807) is 0 Å². The van der Waals surface area contributed by atoms with Gasteiger partial charge in [-0.3, -0.25) is 4.79 Å². The average molecular weight is 137 g/mol. The van der Waals surface area contributed by atoms with Crippen LogP contribution < -0.4 is 0 Å². The topological polar surface area (TPSA) is 17.1 Å². The monoisotopic (exact) mass is 137 g/mol. The van der Waals surface area contributed by atoms with E-state index in [0.717, 1.165) is 12.3 Å². The molecule has 1 radical (unpaired) electrons. The normalized spacial score (nSPS) is 24.6. The Morgan fingerprint density at radius 1 is 1.50 bits per heavy atom. The summed E-state index contributed by atoms with van der Waals surface area (Å²) in [5, 5.41) is 0. The van der Waals surface area contributed by atoms with Crippen LogP contribution in [0.4, 0.5) is 0 Å². The third kappa shape index (κ3) is 2.34. The molecule has 1 atom stereocenters. The highest BCUT2D eigenvalue weighted by molar-refractivity contribution is 5.50. The van der Waals surface area contributed by atoms with Crippen molar-refractivity contribution in [3.05, 3.63) is 12.2 Å². The number of allylic oxidation sites excluding steroid dienone is 2. The molecule has 1 aliphatic rings. The average Bonchev–Trinajstić information content (AvgIpc) is 2.03. The molecule has 0 aromatic carbocycles. The van der Waals surface area contributed by atoms with E-state index >= 15 is 0 Å². The summed E-state index contributed by atoms with van der Waals surface area (Å²) in [6, 6.07) is 0. The molecular weight excluding hydrogens is 124 g/mol. The SMILES string of the molecule is O=[C]CCC1CC=CCC1. The van der Waals surface area contributed by atoms with Gasteiger partial charge in [0.15, 0.2) is 6.29 Å². The van der Waals surface area contributed by atoms with Crippen LogP contribution in [0.25, 0.3) is 0 Å². The van der Waals surface area contributed by atoms with Crippen molar-refractivity contribution in [2.24, 2.45) is 5.92 Å². The van der Waals surface area contributed by atoms with Gasteiger partial charge in [-0.1, -0.05) is 12.2 Å². The Hall–Kier alpha value is -0.590. The van der Waals surface area contributed by atoms with Crippen molar-refractivity contribution >= 4 is 6.29 Å². The smallest absolute Gasteiger partial charge is 0.198 e. The predicted octanol–water partition coefficient (Wildman–Crippen LogP) is 2.23. The molecule has 1 unspecified atom stereocenters. The predicted molar refractivity (Wildman–Crippen MR) is 41.4 cm³/mol. The van der Waals surface area contributed by atoms with E-state index in [1.165, 1.54) is 19.3 Å². The Kier molecular flexibility index (Phi) is 3.20. The summed E-state index contributed by atoms with van der Waals surface area (Å²) in [4.78, 5) is 9.90. The second kappa shape index (κ2) is 4.26. The van der Waals surface area contributed by atoms with E-state index in [1.807, 2.05) is 6.29 Å². The lowest BCUT2D eigenvalue weighted by molar-refractivity contribution is 0.446. The zero-order valence-corrected chi connectivity index (χ0v) is 6.18. The minimum absolute atomic E-state index is 0.624. The molecule has 1 nitrogen and oxygen atoms in total. The largest absolute Gasteiger partial charge is 0.291 e. The van der Waals surface area contributed by atoms with Gasteiger partial charge >= 0.3 is 0 Å². The molecule has 0 fully saturated rings.